The summed E-state index contributed by atoms with van der Waals surface area (Å²) >= 11 is 6.04. The first-order valence-corrected chi connectivity index (χ1v) is 12.6. The van der Waals surface area contributed by atoms with Crippen LogP contribution in [0, 0.1) is 11.3 Å². The molecule has 0 radical (unpaired) electrons. The van der Waals surface area contributed by atoms with Crippen molar-refractivity contribution in [3.05, 3.63) is 34.9 Å². The standard InChI is InChI=1S/C22H35ClSi/c1-3-16-24-21-12-14-22(2,15-13-21)19-8-4-17(5-9-19)18-6-10-20(23)11-7-18/h6-7,10-11,17,19,21H,3-5,8-9,12-16,24H2,1-2H3. The Morgan fingerprint density at radius 3 is 2.21 bits per heavy atom. The highest BCUT2D eigenvalue weighted by atomic mass is 35.5. The highest BCUT2D eigenvalue weighted by molar-refractivity contribution is 6.37. The molecule has 134 valence electrons. The summed E-state index contributed by atoms with van der Waals surface area (Å²) in [5, 5.41) is 0.864. The Bertz CT molecular complexity index is 493. The molecule has 0 N–H and O–H groups in total. The molecule has 0 spiro atoms. The van der Waals surface area contributed by atoms with Gasteiger partial charge in [0.2, 0.25) is 0 Å². The number of halogens is 1. The van der Waals surface area contributed by atoms with Crippen molar-refractivity contribution >= 4 is 21.1 Å². The van der Waals surface area contributed by atoms with Gasteiger partial charge in [-0.3, -0.25) is 0 Å². The zero-order chi connectivity index (χ0) is 17.0. The molecule has 2 heteroatoms. The van der Waals surface area contributed by atoms with Crippen LogP contribution in [0.1, 0.15) is 83.1 Å². The van der Waals surface area contributed by atoms with Gasteiger partial charge in [-0.15, -0.1) is 0 Å². The fourth-order valence-corrected chi connectivity index (χ4v) is 7.48. The topological polar surface area (TPSA) is 0 Å². The molecule has 1 aromatic rings. The lowest BCUT2D eigenvalue weighted by atomic mass is 9.61. The lowest BCUT2D eigenvalue weighted by Gasteiger charge is -2.46. The van der Waals surface area contributed by atoms with Gasteiger partial charge in [0.25, 0.3) is 0 Å². The predicted octanol–water partition coefficient (Wildman–Crippen LogP) is 6.98. The van der Waals surface area contributed by atoms with Gasteiger partial charge < -0.3 is 0 Å². The van der Waals surface area contributed by atoms with Crippen LogP contribution in [-0.2, 0) is 0 Å². The van der Waals surface area contributed by atoms with Crippen molar-refractivity contribution in [1.29, 1.82) is 0 Å². The van der Waals surface area contributed by atoms with Crippen molar-refractivity contribution in [2.75, 3.05) is 0 Å². The Kier molecular flexibility index (Phi) is 6.48. The predicted molar refractivity (Wildman–Crippen MR) is 110 cm³/mol. The SMILES string of the molecule is CCC[SiH2]C1CCC(C)(C2CCC(c3ccc(Cl)cc3)CC2)CC1. The summed E-state index contributed by atoms with van der Waals surface area (Å²) in [7, 11) is 0.231. The van der Waals surface area contributed by atoms with Crippen molar-refractivity contribution in [3.8, 4) is 0 Å². The van der Waals surface area contributed by atoms with Crippen molar-refractivity contribution in [1.82, 2.24) is 0 Å². The largest absolute Gasteiger partial charge is 0.0843 e. The van der Waals surface area contributed by atoms with E-state index in [9.17, 15) is 0 Å². The summed E-state index contributed by atoms with van der Waals surface area (Å²) < 4.78 is 0. The molecule has 1 aromatic carbocycles. The number of hydrogen-bond acceptors (Lipinski definition) is 0. The first kappa shape index (κ1) is 18.5. The minimum absolute atomic E-state index is 0.231. The summed E-state index contributed by atoms with van der Waals surface area (Å²) in [6.45, 7) is 4.98. The Balaban J connectivity index is 1.50. The Labute approximate surface area is 156 Å². The Hall–Kier alpha value is -0.273. The zero-order valence-corrected chi connectivity index (χ0v) is 17.9. The van der Waals surface area contributed by atoms with E-state index in [1.165, 1.54) is 56.1 Å². The lowest BCUT2D eigenvalue weighted by Crippen LogP contribution is -2.34. The van der Waals surface area contributed by atoms with E-state index in [-0.39, 0.29) is 9.52 Å². The highest BCUT2D eigenvalue weighted by Crippen LogP contribution is 2.52. The number of benzene rings is 1. The van der Waals surface area contributed by atoms with Crippen LogP contribution in [0.15, 0.2) is 24.3 Å². The van der Waals surface area contributed by atoms with Crippen molar-refractivity contribution < 1.29 is 0 Å². The molecule has 0 aliphatic heterocycles. The van der Waals surface area contributed by atoms with Gasteiger partial charge in [-0.05, 0) is 73.5 Å². The van der Waals surface area contributed by atoms with Gasteiger partial charge in [-0.1, -0.05) is 68.4 Å². The number of rotatable bonds is 5. The second-order valence-corrected chi connectivity index (χ2v) is 11.7. The van der Waals surface area contributed by atoms with Gasteiger partial charge in [0.15, 0.2) is 0 Å². The van der Waals surface area contributed by atoms with E-state index in [4.69, 9.17) is 11.6 Å². The van der Waals surface area contributed by atoms with Gasteiger partial charge >= 0.3 is 0 Å². The molecule has 2 aliphatic rings. The van der Waals surface area contributed by atoms with E-state index in [0.29, 0.717) is 5.41 Å². The van der Waals surface area contributed by atoms with Gasteiger partial charge in [0, 0.05) is 14.5 Å². The molecule has 0 unspecified atom stereocenters. The van der Waals surface area contributed by atoms with Crippen LogP contribution >= 0.6 is 11.6 Å². The first-order chi connectivity index (χ1) is 11.6. The van der Waals surface area contributed by atoms with Crippen molar-refractivity contribution in [2.24, 2.45) is 11.3 Å². The fourth-order valence-electron chi connectivity index (χ4n) is 5.39. The van der Waals surface area contributed by atoms with Gasteiger partial charge in [0.05, 0.1) is 0 Å². The number of hydrogen-bond donors (Lipinski definition) is 0. The quantitative estimate of drug-likeness (QED) is 0.495. The van der Waals surface area contributed by atoms with Crippen molar-refractivity contribution in [2.45, 2.75) is 89.1 Å². The van der Waals surface area contributed by atoms with E-state index >= 15 is 0 Å². The molecule has 0 atom stereocenters. The Morgan fingerprint density at radius 1 is 1.00 bits per heavy atom. The monoisotopic (exact) mass is 362 g/mol. The minimum atomic E-state index is 0.231. The van der Waals surface area contributed by atoms with Crippen LogP contribution in [-0.4, -0.2) is 9.52 Å². The van der Waals surface area contributed by atoms with E-state index in [1.807, 2.05) is 0 Å². The van der Waals surface area contributed by atoms with E-state index < -0.39 is 0 Å². The maximum Gasteiger partial charge on any atom is 0.0406 e. The van der Waals surface area contributed by atoms with Gasteiger partial charge in [0.1, 0.15) is 0 Å². The van der Waals surface area contributed by atoms with E-state index in [0.717, 1.165) is 16.9 Å². The molecule has 24 heavy (non-hydrogen) atoms. The van der Waals surface area contributed by atoms with E-state index in [2.05, 4.69) is 38.1 Å². The smallest absolute Gasteiger partial charge is 0.0406 e. The zero-order valence-electron chi connectivity index (χ0n) is 15.7. The normalized spacial score (nSPS) is 34.7. The van der Waals surface area contributed by atoms with Gasteiger partial charge in [-0.25, -0.2) is 0 Å². The maximum atomic E-state index is 6.04. The molecule has 0 saturated heterocycles. The average molecular weight is 363 g/mol. The van der Waals surface area contributed by atoms with Crippen LogP contribution in [0.25, 0.3) is 0 Å². The Morgan fingerprint density at radius 2 is 1.62 bits per heavy atom. The third-order valence-corrected chi connectivity index (χ3v) is 10.3. The van der Waals surface area contributed by atoms with Crippen molar-refractivity contribution in [3.63, 3.8) is 0 Å². The molecule has 2 saturated carbocycles. The molecule has 0 nitrogen and oxygen atoms in total. The lowest BCUT2D eigenvalue weighted by molar-refractivity contribution is 0.0825. The molecule has 0 aromatic heterocycles. The second-order valence-electron chi connectivity index (χ2n) is 8.84. The molecule has 0 amide bonds. The summed E-state index contributed by atoms with van der Waals surface area (Å²) in [6.07, 6.45) is 13.2. The fraction of sp³-hybridized carbons (Fsp3) is 0.727. The highest BCUT2D eigenvalue weighted by Gasteiger charge is 2.39. The van der Waals surface area contributed by atoms with Crippen LogP contribution in [0.2, 0.25) is 16.6 Å². The third-order valence-electron chi connectivity index (χ3n) is 7.27. The molecular weight excluding hydrogens is 328 g/mol. The van der Waals surface area contributed by atoms with Gasteiger partial charge in [-0.2, -0.15) is 0 Å². The summed E-state index contributed by atoms with van der Waals surface area (Å²) in [6, 6.07) is 10.2. The van der Waals surface area contributed by atoms with Crippen LogP contribution in [0.4, 0.5) is 0 Å². The summed E-state index contributed by atoms with van der Waals surface area (Å²) in [5.74, 6) is 1.75. The third kappa shape index (κ3) is 4.46. The molecule has 2 aliphatic carbocycles. The van der Waals surface area contributed by atoms with Crippen LogP contribution in [0.3, 0.4) is 0 Å². The summed E-state index contributed by atoms with van der Waals surface area (Å²) in [5.41, 5.74) is 3.34. The van der Waals surface area contributed by atoms with E-state index in [1.54, 1.807) is 18.9 Å². The second kappa shape index (κ2) is 8.41. The average Bonchev–Trinajstić information content (AvgIpc) is 2.62. The van der Waals surface area contributed by atoms with Crippen LogP contribution < -0.4 is 0 Å². The summed E-state index contributed by atoms with van der Waals surface area (Å²) in [4.78, 5) is 0. The minimum Gasteiger partial charge on any atom is -0.0843 e. The molecule has 0 heterocycles. The maximum absolute atomic E-state index is 6.04. The van der Waals surface area contributed by atoms with Crippen LogP contribution in [0.5, 0.6) is 0 Å². The molecule has 2 fully saturated rings. The molecular formula is C22H35ClSi. The molecule has 0 bridgehead atoms. The first-order valence-electron chi connectivity index (χ1n) is 10.4. The molecule has 3 rings (SSSR count).